The summed E-state index contributed by atoms with van der Waals surface area (Å²) in [5.41, 5.74) is 2.60. The monoisotopic (exact) mass is 621 g/mol. The molecule has 0 spiro atoms. The number of amides is 2. The van der Waals surface area contributed by atoms with E-state index in [0.717, 1.165) is 15.4 Å². The number of nitrogens with zero attached hydrogens (tertiary/aromatic N) is 2. The lowest BCUT2D eigenvalue weighted by atomic mass is 10.0. The van der Waals surface area contributed by atoms with Crippen molar-refractivity contribution in [2.45, 2.75) is 37.8 Å². The van der Waals surface area contributed by atoms with Crippen molar-refractivity contribution in [2.24, 2.45) is 0 Å². The molecule has 43 heavy (non-hydrogen) atoms. The standard InChI is InChI=1S/C33H33ClFN3O4S/c1-3-36-33(40)31(21-25-7-5-4-6-8-25)37(22-26-11-15-28(35)16-12-26)32(39)23-38(29-17-9-24(2)10-18-29)43(41,42)30-19-13-27(34)14-20-30/h4-20,31H,3,21-23H2,1-2H3,(H,36,40)/t31-/m0/s1. The molecule has 0 radical (unpaired) electrons. The number of nitrogens with one attached hydrogen (secondary N) is 1. The molecule has 1 atom stereocenters. The molecule has 0 heterocycles. The Morgan fingerprint density at radius 1 is 0.860 bits per heavy atom. The van der Waals surface area contributed by atoms with E-state index in [1.165, 1.54) is 53.4 Å². The van der Waals surface area contributed by atoms with Gasteiger partial charge in [0.25, 0.3) is 10.0 Å². The van der Waals surface area contributed by atoms with E-state index in [1.807, 2.05) is 37.3 Å². The molecule has 7 nitrogen and oxygen atoms in total. The zero-order valence-electron chi connectivity index (χ0n) is 23.9. The van der Waals surface area contributed by atoms with Gasteiger partial charge in [0.1, 0.15) is 18.4 Å². The van der Waals surface area contributed by atoms with Gasteiger partial charge >= 0.3 is 0 Å². The molecular formula is C33H33ClFN3O4S. The van der Waals surface area contributed by atoms with Gasteiger partial charge in [0.05, 0.1) is 10.6 Å². The van der Waals surface area contributed by atoms with Gasteiger partial charge in [0.15, 0.2) is 0 Å². The van der Waals surface area contributed by atoms with Gasteiger partial charge < -0.3 is 10.2 Å². The molecule has 0 aliphatic rings. The van der Waals surface area contributed by atoms with Crippen LogP contribution in [0.2, 0.25) is 5.02 Å². The van der Waals surface area contributed by atoms with E-state index in [2.05, 4.69) is 5.32 Å². The topological polar surface area (TPSA) is 86.8 Å². The quantitative estimate of drug-likeness (QED) is 0.218. The lowest BCUT2D eigenvalue weighted by molar-refractivity contribution is -0.140. The second-order valence-electron chi connectivity index (χ2n) is 10.0. The molecule has 4 rings (SSSR count). The van der Waals surface area contributed by atoms with Crippen molar-refractivity contribution < 1.29 is 22.4 Å². The molecule has 2 amide bonds. The van der Waals surface area contributed by atoms with Crippen LogP contribution in [0.5, 0.6) is 0 Å². The number of hydrogen-bond donors (Lipinski definition) is 1. The van der Waals surface area contributed by atoms with E-state index in [-0.39, 0.29) is 29.5 Å². The maximum absolute atomic E-state index is 14.3. The lowest BCUT2D eigenvalue weighted by Gasteiger charge is -2.33. The Hall–Kier alpha value is -4.21. The van der Waals surface area contributed by atoms with Crippen LogP contribution in [0, 0.1) is 12.7 Å². The van der Waals surface area contributed by atoms with Crippen molar-refractivity contribution in [3.63, 3.8) is 0 Å². The van der Waals surface area contributed by atoms with Crippen LogP contribution in [0.1, 0.15) is 23.6 Å². The molecule has 224 valence electrons. The molecule has 4 aromatic carbocycles. The maximum Gasteiger partial charge on any atom is 0.264 e. The van der Waals surface area contributed by atoms with Gasteiger partial charge in [-0.25, -0.2) is 12.8 Å². The third-order valence-electron chi connectivity index (χ3n) is 6.89. The summed E-state index contributed by atoms with van der Waals surface area (Å²) in [5.74, 6) is -1.43. The summed E-state index contributed by atoms with van der Waals surface area (Å²) in [6, 6.07) is 26.4. The average molecular weight is 622 g/mol. The van der Waals surface area contributed by atoms with Gasteiger partial charge in [-0.2, -0.15) is 0 Å². The fourth-order valence-corrected chi connectivity index (χ4v) is 6.15. The van der Waals surface area contributed by atoms with Crippen molar-refractivity contribution in [3.8, 4) is 0 Å². The minimum Gasteiger partial charge on any atom is -0.355 e. The van der Waals surface area contributed by atoms with Gasteiger partial charge in [-0.05, 0) is 73.5 Å². The largest absolute Gasteiger partial charge is 0.355 e. The fraction of sp³-hybridized carbons (Fsp3) is 0.212. The Kier molecular flexibility index (Phi) is 10.6. The second-order valence-corrected chi connectivity index (χ2v) is 12.3. The zero-order chi connectivity index (χ0) is 31.0. The number of likely N-dealkylation sites (N-methyl/N-ethyl adjacent to an activating group) is 1. The van der Waals surface area contributed by atoms with E-state index < -0.39 is 34.3 Å². The predicted octanol–water partition coefficient (Wildman–Crippen LogP) is 5.76. The molecule has 0 aromatic heterocycles. The van der Waals surface area contributed by atoms with E-state index >= 15 is 0 Å². The molecule has 4 aromatic rings. The summed E-state index contributed by atoms with van der Waals surface area (Å²) in [4.78, 5) is 29.1. The molecule has 1 N–H and O–H groups in total. The lowest BCUT2D eigenvalue weighted by Crippen LogP contribution is -2.53. The van der Waals surface area contributed by atoms with Gasteiger partial charge in [-0.15, -0.1) is 0 Å². The van der Waals surface area contributed by atoms with Crippen molar-refractivity contribution in [3.05, 3.63) is 131 Å². The number of carbonyl (C=O) groups is 2. The first-order valence-corrected chi connectivity index (χ1v) is 15.6. The predicted molar refractivity (Wildman–Crippen MR) is 167 cm³/mol. The van der Waals surface area contributed by atoms with Crippen molar-refractivity contribution in [1.29, 1.82) is 0 Å². The smallest absolute Gasteiger partial charge is 0.264 e. The van der Waals surface area contributed by atoms with E-state index in [9.17, 15) is 22.4 Å². The van der Waals surface area contributed by atoms with Crippen LogP contribution >= 0.6 is 11.6 Å². The summed E-state index contributed by atoms with van der Waals surface area (Å²) in [6.45, 7) is 3.36. The van der Waals surface area contributed by atoms with Crippen molar-refractivity contribution >= 4 is 39.1 Å². The zero-order valence-corrected chi connectivity index (χ0v) is 25.5. The Bertz CT molecular complexity index is 1630. The van der Waals surface area contributed by atoms with Crippen LogP contribution in [-0.4, -0.2) is 44.3 Å². The highest BCUT2D eigenvalue weighted by atomic mass is 35.5. The summed E-state index contributed by atoms with van der Waals surface area (Å²) < 4.78 is 42.7. The first-order chi connectivity index (χ1) is 20.6. The average Bonchev–Trinajstić information content (AvgIpc) is 3.00. The van der Waals surface area contributed by atoms with Crippen LogP contribution in [0.25, 0.3) is 0 Å². The third-order valence-corrected chi connectivity index (χ3v) is 8.93. The highest BCUT2D eigenvalue weighted by molar-refractivity contribution is 7.92. The number of benzene rings is 4. The van der Waals surface area contributed by atoms with Gasteiger partial charge in [-0.1, -0.05) is 71.8 Å². The first-order valence-electron chi connectivity index (χ1n) is 13.8. The maximum atomic E-state index is 14.3. The first kappa shape index (κ1) is 31.7. The van der Waals surface area contributed by atoms with E-state index in [0.29, 0.717) is 17.1 Å². The minimum atomic E-state index is -4.23. The minimum absolute atomic E-state index is 0.0417. The number of aryl methyl sites for hydroxylation is 1. The number of rotatable bonds is 12. The molecule has 0 aliphatic heterocycles. The number of sulfonamides is 1. The van der Waals surface area contributed by atoms with Gasteiger partial charge in [-0.3, -0.25) is 13.9 Å². The molecular weight excluding hydrogens is 589 g/mol. The number of hydrogen-bond acceptors (Lipinski definition) is 4. The van der Waals surface area contributed by atoms with Crippen LogP contribution in [0.4, 0.5) is 10.1 Å². The Labute approximate surface area is 257 Å². The van der Waals surface area contributed by atoms with Gasteiger partial charge in [0, 0.05) is 24.5 Å². The summed E-state index contributed by atoms with van der Waals surface area (Å²) in [5, 5.41) is 3.18. The number of carbonyl (C=O) groups excluding carboxylic acids is 2. The van der Waals surface area contributed by atoms with Crippen molar-refractivity contribution in [2.75, 3.05) is 17.4 Å². The number of anilines is 1. The molecule has 0 saturated carbocycles. The van der Waals surface area contributed by atoms with Crippen LogP contribution in [-0.2, 0) is 32.6 Å². The molecule has 0 fully saturated rings. The normalized spacial score (nSPS) is 11.9. The van der Waals surface area contributed by atoms with Crippen LogP contribution in [0.3, 0.4) is 0 Å². The Morgan fingerprint density at radius 2 is 1.49 bits per heavy atom. The molecule has 0 saturated heterocycles. The molecule has 0 bridgehead atoms. The second kappa shape index (κ2) is 14.3. The highest BCUT2D eigenvalue weighted by Crippen LogP contribution is 2.26. The molecule has 0 unspecified atom stereocenters. The fourth-order valence-electron chi connectivity index (χ4n) is 4.61. The van der Waals surface area contributed by atoms with Gasteiger partial charge in [0.2, 0.25) is 11.8 Å². The van der Waals surface area contributed by atoms with Crippen LogP contribution in [0.15, 0.2) is 108 Å². The Balaban J connectivity index is 1.78. The summed E-state index contributed by atoms with van der Waals surface area (Å²) >= 11 is 6.01. The van der Waals surface area contributed by atoms with Crippen LogP contribution < -0.4 is 9.62 Å². The van der Waals surface area contributed by atoms with E-state index in [4.69, 9.17) is 11.6 Å². The molecule has 0 aliphatic carbocycles. The van der Waals surface area contributed by atoms with E-state index in [1.54, 1.807) is 31.2 Å². The SMILES string of the molecule is CCNC(=O)[C@H](Cc1ccccc1)N(Cc1ccc(F)cc1)C(=O)CN(c1ccc(C)cc1)S(=O)(=O)c1ccc(Cl)cc1. The number of halogens is 2. The molecule has 10 heteroatoms. The Morgan fingerprint density at radius 3 is 2.09 bits per heavy atom. The van der Waals surface area contributed by atoms with Crippen molar-refractivity contribution in [1.82, 2.24) is 10.2 Å². The third kappa shape index (κ3) is 8.21. The highest BCUT2D eigenvalue weighted by Gasteiger charge is 2.34. The summed E-state index contributed by atoms with van der Waals surface area (Å²) in [6.07, 6.45) is 0.189. The summed E-state index contributed by atoms with van der Waals surface area (Å²) in [7, 11) is -4.23.